The third kappa shape index (κ3) is 4.91. The van der Waals surface area contributed by atoms with Gasteiger partial charge in [-0.3, -0.25) is 4.90 Å². The molecule has 2 amide bonds. The maximum atomic E-state index is 12.2. The maximum absolute atomic E-state index is 12.2. The van der Waals surface area contributed by atoms with E-state index < -0.39 is 0 Å². The Balaban J connectivity index is 3.25. The number of aliphatic imine (C=N–C) groups is 1. The van der Waals surface area contributed by atoms with E-state index in [1.165, 1.54) is 9.80 Å². The molecule has 0 aliphatic heterocycles. The SMILES string of the molecule is CCCC=Nc1nc(N(CC)CC)ncc1N(C)C(=O)N(C)C. The lowest BCUT2D eigenvalue weighted by Gasteiger charge is -2.24. The van der Waals surface area contributed by atoms with E-state index in [4.69, 9.17) is 0 Å². The predicted octanol–water partition coefficient (Wildman–Crippen LogP) is 2.94. The van der Waals surface area contributed by atoms with E-state index in [1.54, 1.807) is 27.3 Å². The number of unbranched alkanes of at least 4 members (excludes halogenated alkanes) is 1. The lowest BCUT2D eigenvalue weighted by Crippen LogP contribution is -2.36. The molecule has 0 saturated carbocycles. The molecule has 7 heteroatoms. The van der Waals surface area contributed by atoms with Gasteiger partial charge in [-0.1, -0.05) is 13.3 Å². The molecule has 0 fully saturated rings. The molecule has 23 heavy (non-hydrogen) atoms. The molecule has 1 heterocycles. The molecule has 0 atom stereocenters. The quantitative estimate of drug-likeness (QED) is 0.725. The Morgan fingerprint density at radius 2 is 1.87 bits per heavy atom. The Kier molecular flexibility index (Phi) is 7.44. The summed E-state index contributed by atoms with van der Waals surface area (Å²) in [7, 11) is 5.13. The van der Waals surface area contributed by atoms with Crippen molar-refractivity contribution in [2.45, 2.75) is 33.6 Å². The van der Waals surface area contributed by atoms with Gasteiger partial charge in [-0.25, -0.2) is 14.8 Å². The summed E-state index contributed by atoms with van der Waals surface area (Å²) in [5, 5.41) is 0. The van der Waals surface area contributed by atoms with E-state index in [0.29, 0.717) is 17.5 Å². The summed E-state index contributed by atoms with van der Waals surface area (Å²) in [6, 6.07) is -0.142. The normalized spacial score (nSPS) is 10.9. The number of carbonyl (C=O) groups is 1. The highest BCUT2D eigenvalue weighted by atomic mass is 16.2. The lowest BCUT2D eigenvalue weighted by atomic mass is 10.3. The van der Waals surface area contributed by atoms with Gasteiger partial charge in [0, 0.05) is 40.4 Å². The molecule has 0 bridgehead atoms. The molecular formula is C16H28N6O. The van der Waals surface area contributed by atoms with Gasteiger partial charge in [0.15, 0.2) is 5.82 Å². The molecule has 128 valence electrons. The van der Waals surface area contributed by atoms with E-state index in [2.05, 4.69) is 40.6 Å². The first kappa shape index (κ1) is 18.9. The van der Waals surface area contributed by atoms with Crippen molar-refractivity contribution < 1.29 is 4.79 Å². The average molecular weight is 320 g/mol. The fourth-order valence-electron chi connectivity index (χ4n) is 2.03. The molecule has 0 aliphatic carbocycles. The van der Waals surface area contributed by atoms with Crippen molar-refractivity contribution in [1.29, 1.82) is 0 Å². The number of carbonyl (C=O) groups excluding carboxylic acids is 1. The standard InChI is InChI=1S/C16H28N6O/c1-7-10-11-17-14-13(21(6)16(23)20(4)5)12-18-15(19-14)22(8-2)9-3/h11-12H,7-10H2,1-6H3. The topological polar surface area (TPSA) is 64.9 Å². The fraction of sp³-hybridized carbons (Fsp3) is 0.625. The number of amides is 2. The third-order valence-electron chi connectivity index (χ3n) is 3.45. The lowest BCUT2D eigenvalue weighted by molar-refractivity contribution is 0.225. The molecule has 1 aromatic rings. The zero-order valence-corrected chi connectivity index (χ0v) is 15.1. The van der Waals surface area contributed by atoms with Crippen LogP contribution in [0.15, 0.2) is 11.2 Å². The summed E-state index contributed by atoms with van der Waals surface area (Å²) in [6.45, 7) is 7.85. The van der Waals surface area contributed by atoms with Crippen LogP contribution >= 0.6 is 0 Å². The van der Waals surface area contributed by atoms with Crippen molar-refractivity contribution in [1.82, 2.24) is 14.9 Å². The first-order chi connectivity index (χ1) is 11.0. The van der Waals surface area contributed by atoms with E-state index in [-0.39, 0.29) is 6.03 Å². The van der Waals surface area contributed by atoms with Crippen molar-refractivity contribution in [2.24, 2.45) is 4.99 Å². The van der Waals surface area contributed by atoms with Gasteiger partial charge in [0.25, 0.3) is 0 Å². The molecule has 0 unspecified atom stereocenters. The maximum Gasteiger partial charge on any atom is 0.323 e. The van der Waals surface area contributed by atoms with Gasteiger partial charge in [-0.15, -0.1) is 0 Å². The van der Waals surface area contributed by atoms with Crippen LogP contribution in [0.4, 0.5) is 22.2 Å². The number of hydrogen-bond donors (Lipinski definition) is 0. The average Bonchev–Trinajstić information content (AvgIpc) is 2.55. The minimum atomic E-state index is -0.142. The van der Waals surface area contributed by atoms with Crippen LogP contribution in [-0.4, -0.2) is 61.3 Å². The molecule has 0 aromatic carbocycles. The largest absolute Gasteiger partial charge is 0.341 e. The van der Waals surface area contributed by atoms with Crippen LogP contribution in [0.25, 0.3) is 0 Å². The molecule has 0 N–H and O–H groups in total. The molecule has 1 aromatic heterocycles. The first-order valence-corrected chi connectivity index (χ1v) is 8.05. The van der Waals surface area contributed by atoms with Crippen LogP contribution in [0.2, 0.25) is 0 Å². The van der Waals surface area contributed by atoms with Gasteiger partial charge in [0.2, 0.25) is 5.95 Å². The number of nitrogens with zero attached hydrogens (tertiary/aromatic N) is 6. The second-order valence-electron chi connectivity index (χ2n) is 5.39. The van der Waals surface area contributed by atoms with Crippen LogP contribution in [-0.2, 0) is 0 Å². The van der Waals surface area contributed by atoms with Crippen LogP contribution in [0.3, 0.4) is 0 Å². The second-order valence-corrected chi connectivity index (χ2v) is 5.39. The molecule has 7 nitrogen and oxygen atoms in total. The summed E-state index contributed by atoms with van der Waals surface area (Å²) in [5.74, 6) is 1.15. The minimum absolute atomic E-state index is 0.142. The van der Waals surface area contributed by atoms with Crippen molar-refractivity contribution in [3.63, 3.8) is 0 Å². The van der Waals surface area contributed by atoms with Crippen LogP contribution < -0.4 is 9.80 Å². The number of anilines is 2. The summed E-state index contributed by atoms with van der Waals surface area (Å²) < 4.78 is 0. The monoisotopic (exact) mass is 320 g/mol. The number of urea groups is 1. The van der Waals surface area contributed by atoms with Crippen molar-refractivity contribution in [2.75, 3.05) is 44.0 Å². The number of aromatic nitrogens is 2. The zero-order chi connectivity index (χ0) is 17.4. The predicted molar refractivity (Wildman–Crippen MR) is 96.1 cm³/mol. The summed E-state index contributed by atoms with van der Waals surface area (Å²) in [4.78, 5) is 30.7. The van der Waals surface area contributed by atoms with Gasteiger partial charge >= 0.3 is 6.03 Å². The molecular weight excluding hydrogens is 292 g/mol. The Morgan fingerprint density at radius 1 is 1.22 bits per heavy atom. The van der Waals surface area contributed by atoms with Gasteiger partial charge in [-0.2, -0.15) is 4.98 Å². The Morgan fingerprint density at radius 3 is 2.39 bits per heavy atom. The van der Waals surface area contributed by atoms with Gasteiger partial charge in [0.05, 0.1) is 6.20 Å². The third-order valence-corrected chi connectivity index (χ3v) is 3.45. The van der Waals surface area contributed by atoms with Crippen molar-refractivity contribution in [3.8, 4) is 0 Å². The van der Waals surface area contributed by atoms with Crippen molar-refractivity contribution in [3.05, 3.63) is 6.20 Å². The Hall–Kier alpha value is -2.18. The van der Waals surface area contributed by atoms with E-state index in [0.717, 1.165) is 25.9 Å². The summed E-state index contributed by atoms with van der Waals surface area (Å²) >= 11 is 0. The van der Waals surface area contributed by atoms with E-state index >= 15 is 0 Å². The summed E-state index contributed by atoms with van der Waals surface area (Å²) in [5.41, 5.74) is 0.604. The number of hydrogen-bond acceptors (Lipinski definition) is 5. The van der Waals surface area contributed by atoms with Gasteiger partial charge in [-0.05, 0) is 20.3 Å². The molecule has 0 saturated heterocycles. The molecule has 0 aliphatic rings. The smallest absolute Gasteiger partial charge is 0.323 e. The highest BCUT2D eigenvalue weighted by Crippen LogP contribution is 2.27. The van der Waals surface area contributed by atoms with Gasteiger partial charge < -0.3 is 9.80 Å². The van der Waals surface area contributed by atoms with E-state index in [9.17, 15) is 4.79 Å². The fourth-order valence-corrected chi connectivity index (χ4v) is 2.03. The number of rotatable bonds is 7. The minimum Gasteiger partial charge on any atom is -0.341 e. The summed E-state index contributed by atoms with van der Waals surface area (Å²) in [6.07, 6.45) is 5.39. The molecule has 0 spiro atoms. The second kappa shape index (κ2) is 9.07. The molecule has 0 radical (unpaired) electrons. The van der Waals surface area contributed by atoms with Crippen molar-refractivity contribution >= 4 is 29.7 Å². The van der Waals surface area contributed by atoms with Crippen LogP contribution in [0.1, 0.15) is 33.6 Å². The molecule has 1 rings (SSSR count). The van der Waals surface area contributed by atoms with Crippen LogP contribution in [0, 0.1) is 0 Å². The zero-order valence-electron chi connectivity index (χ0n) is 15.1. The highest BCUT2D eigenvalue weighted by molar-refractivity contribution is 5.94. The van der Waals surface area contributed by atoms with E-state index in [1.807, 2.05) is 6.21 Å². The first-order valence-electron chi connectivity index (χ1n) is 8.05. The Bertz CT molecular complexity index is 539. The van der Waals surface area contributed by atoms with Gasteiger partial charge in [0.1, 0.15) is 5.69 Å². The van der Waals surface area contributed by atoms with Crippen LogP contribution in [0.5, 0.6) is 0 Å². The Labute approximate surface area is 139 Å². The highest BCUT2D eigenvalue weighted by Gasteiger charge is 2.19.